The summed E-state index contributed by atoms with van der Waals surface area (Å²) in [4.78, 5) is 0. The van der Waals surface area contributed by atoms with E-state index in [-0.39, 0.29) is 25.1 Å². The summed E-state index contributed by atoms with van der Waals surface area (Å²) in [5.41, 5.74) is 0. The molecule has 1 nitrogen and oxygen atoms in total. The number of aliphatic hydroxyl groups is 1. The third-order valence-electron chi connectivity index (χ3n) is 0.300. The van der Waals surface area contributed by atoms with Gasteiger partial charge in [-0.2, -0.15) is 0 Å². The topological polar surface area (TPSA) is 20.2 Å². The van der Waals surface area contributed by atoms with Crippen molar-refractivity contribution in [2.24, 2.45) is 0 Å². The minimum absolute atomic E-state index is 0.0100. The maximum atomic E-state index is 8.77. The first-order valence-corrected chi connectivity index (χ1v) is 6.93. The van der Waals surface area contributed by atoms with E-state index >= 15 is 0 Å². The Hall–Kier alpha value is 2.21. The van der Waals surface area contributed by atoms with Crippen molar-refractivity contribution in [3.05, 3.63) is 0 Å². The van der Waals surface area contributed by atoms with Crippen molar-refractivity contribution in [1.29, 1.82) is 0 Å². The monoisotopic (exact) mass is 442 g/mol. The van der Waals surface area contributed by atoms with Crippen LogP contribution in [0.25, 0.3) is 0 Å². The summed E-state index contributed by atoms with van der Waals surface area (Å²) in [6.07, 6.45) is 0. The Kier molecular flexibility index (Phi) is 6.62. The standard InChI is InChI=1S/C3H6I2OTe/c1-2(6)7-3(4)5/h2-3,6H,1H3. The van der Waals surface area contributed by atoms with Crippen LogP contribution in [0.3, 0.4) is 0 Å². The van der Waals surface area contributed by atoms with Gasteiger partial charge in [0.1, 0.15) is 0 Å². The number of halogens is 2. The molecule has 0 rings (SSSR count). The van der Waals surface area contributed by atoms with Crippen molar-refractivity contribution in [2.45, 2.75) is 11.1 Å². The SMILES string of the molecule is CC(O)[Te]C(I)I. The molecule has 0 aromatic rings. The molecule has 1 N–H and O–H groups in total. The van der Waals surface area contributed by atoms with E-state index in [4.69, 9.17) is 5.11 Å². The van der Waals surface area contributed by atoms with Crippen molar-refractivity contribution in [1.82, 2.24) is 0 Å². The Morgan fingerprint density at radius 2 is 2.00 bits per heavy atom. The summed E-state index contributed by atoms with van der Waals surface area (Å²) in [6.45, 7) is 1.87. The molecule has 0 radical (unpaired) electrons. The van der Waals surface area contributed by atoms with Gasteiger partial charge in [0.05, 0.1) is 0 Å². The first kappa shape index (κ1) is 9.21. The molecule has 0 spiro atoms. The van der Waals surface area contributed by atoms with E-state index in [9.17, 15) is 0 Å². The molecule has 0 saturated heterocycles. The van der Waals surface area contributed by atoms with Gasteiger partial charge in [-0.15, -0.1) is 0 Å². The molecule has 0 saturated carbocycles. The van der Waals surface area contributed by atoms with Gasteiger partial charge in [-0.25, -0.2) is 0 Å². The molecule has 7 heavy (non-hydrogen) atoms. The summed E-state index contributed by atoms with van der Waals surface area (Å²) in [5.74, 6) is 0. The van der Waals surface area contributed by atoms with Crippen LogP contribution in [0.5, 0.6) is 0 Å². The van der Waals surface area contributed by atoms with E-state index in [1.807, 2.05) is 6.92 Å². The molecule has 1 unspecified atom stereocenters. The summed E-state index contributed by atoms with van der Waals surface area (Å²) >= 11 is 4.56. The van der Waals surface area contributed by atoms with Crippen LogP contribution in [0, 0.1) is 0 Å². The Balaban J connectivity index is 2.95. The Labute approximate surface area is 81.0 Å². The molecule has 0 aromatic carbocycles. The Morgan fingerprint density at radius 1 is 1.57 bits per heavy atom. The molecule has 0 aliphatic rings. The fourth-order valence-corrected chi connectivity index (χ4v) is 6.70. The van der Waals surface area contributed by atoms with Gasteiger partial charge >= 0.3 is 82.3 Å². The summed E-state index contributed by atoms with van der Waals surface area (Å²) < 4.78 is 0.685. The maximum absolute atomic E-state index is 8.77. The Morgan fingerprint density at radius 3 is 2.00 bits per heavy atom. The summed E-state index contributed by atoms with van der Waals surface area (Å²) in [6, 6.07) is 0. The normalized spacial score (nSPS) is 15.0. The van der Waals surface area contributed by atoms with Crippen molar-refractivity contribution in [3.63, 3.8) is 0 Å². The molecule has 0 aliphatic carbocycles. The number of rotatable bonds is 2. The van der Waals surface area contributed by atoms with Gasteiger partial charge in [0.2, 0.25) is 0 Å². The molecule has 0 fully saturated rings. The molecule has 1 atom stereocenters. The average molecular weight is 439 g/mol. The second-order valence-electron chi connectivity index (χ2n) is 0.996. The predicted octanol–water partition coefficient (Wildman–Crippen LogP) is 1.18. The molecule has 0 aliphatic heterocycles. The number of alkyl halides is 2. The second-order valence-corrected chi connectivity index (χ2v) is 15.2. The predicted molar refractivity (Wildman–Crippen MR) is 49.3 cm³/mol. The van der Waals surface area contributed by atoms with Gasteiger partial charge in [0.25, 0.3) is 0 Å². The van der Waals surface area contributed by atoms with Crippen LogP contribution in [-0.4, -0.2) is 30.2 Å². The fourth-order valence-electron chi connectivity index (χ4n) is 0.149. The van der Waals surface area contributed by atoms with E-state index < -0.39 is 0 Å². The van der Waals surface area contributed by atoms with E-state index in [2.05, 4.69) is 45.2 Å². The van der Waals surface area contributed by atoms with Gasteiger partial charge < -0.3 is 0 Å². The molecule has 0 heterocycles. The fraction of sp³-hybridized carbons (Fsp3) is 1.00. The van der Waals surface area contributed by atoms with Crippen LogP contribution in [0.4, 0.5) is 0 Å². The van der Waals surface area contributed by atoms with Gasteiger partial charge in [-0.05, 0) is 0 Å². The van der Waals surface area contributed by atoms with E-state index in [0.717, 1.165) is 0 Å². The van der Waals surface area contributed by atoms with Crippen LogP contribution < -0.4 is 0 Å². The molecular formula is C3H6I2OTe. The number of aliphatic hydroxyl groups excluding tert-OH is 1. The molecule has 44 valence electrons. The van der Waals surface area contributed by atoms with Crippen LogP contribution in [-0.2, 0) is 0 Å². The van der Waals surface area contributed by atoms with Crippen molar-refractivity contribution < 1.29 is 5.11 Å². The molecular weight excluding hydrogens is 433 g/mol. The first-order valence-electron chi connectivity index (χ1n) is 1.74. The van der Waals surface area contributed by atoms with Gasteiger partial charge in [0, 0.05) is 0 Å². The number of hydrogen-bond acceptors (Lipinski definition) is 1. The summed E-state index contributed by atoms with van der Waals surface area (Å²) in [5, 5.41) is 8.77. The third kappa shape index (κ3) is 8.21. The molecule has 0 aromatic heterocycles. The van der Waals surface area contributed by atoms with Crippen molar-refractivity contribution >= 4 is 66.1 Å². The summed E-state index contributed by atoms with van der Waals surface area (Å²) in [7, 11) is 0. The van der Waals surface area contributed by atoms with E-state index in [0.29, 0.717) is -0.0207 Å². The van der Waals surface area contributed by atoms with Crippen molar-refractivity contribution in [2.75, 3.05) is 0 Å². The van der Waals surface area contributed by atoms with Crippen LogP contribution in [0.15, 0.2) is 0 Å². The zero-order chi connectivity index (χ0) is 5.86. The van der Waals surface area contributed by atoms with Gasteiger partial charge in [-0.1, -0.05) is 0 Å². The van der Waals surface area contributed by atoms with E-state index in [1.165, 1.54) is 0 Å². The van der Waals surface area contributed by atoms with Crippen molar-refractivity contribution in [3.8, 4) is 0 Å². The van der Waals surface area contributed by atoms with Gasteiger partial charge in [0.15, 0.2) is 0 Å². The average Bonchev–Trinajstić information content (AvgIpc) is 1.27. The zero-order valence-corrected chi connectivity index (χ0v) is 10.4. The molecule has 4 heteroatoms. The third-order valence-corrected chi connectivity index (χ3v) is 5.95. The van der Waals surface area contributed by atoms with Crippen LogP contribution in [0.1, 0.15) is 6.92 Å². The van der Waals surface area contributed by atoms with Gasteiger partial charge in [-0.3, -0.25) is 0 Å². The van der Waals surface area contributed by atoms with E-state index in [1.54, 1.807) is 0 Å². The first-order chi connectivity index (χ1) is 3.13. The molecule has 0 bridgehead atoms. The number of hydrogen-bond donors (Lipinski definition) is 1. The van der Waals surface area contributed by atoms with Crippen LogP contribution >= 0.6 is 45.2 Å². The Bertz CT molecular complexity index is 42.2. The zero-order valence-electron chi connectivity index (χ0n) is 3.77. The van der Waals surface area contributed by atoms with Crippen LogP contribution in [0.2, 0.25) is 0 Å². The quantitative estimate of drug-likeness (QED) is 0.389. The molecule has 0 amide bonds. The second kappa shape index (κ2) is 5.03. The minimum atomic E-state index is -0.121.